The molecule has 0 bridgehead atoms. The molecule has 2 rings (SSSR count). The summed E-state index contributed by atoms with van der Waals surface area (Å²) >= 11 is 9.53. The van der Waals surface area contributed by atoms with Crippen molar-refractivity contribution < 1.29 is 4.74 Å². The number of methoxy groups -OCH3 is 1. The van der Waals surface area contributed by atoms with Crippen molar-refractivity contribution in [3.63, 3.8) is 0 Å². The minimum absolute atomic E-state index is 0.589. The lowest BCUT2D eigenvalue weighted by Gasteiger charge is -2.18. The Labute approximate surface area is 109 Å². The van der Waals surface area contributed by atoms with Gasteiger partial charge in [-0.1, -0.05) is 11.6 Å². The molecule has 0 saturated carbocycles. The number of halogens is 2. The quantitative estimate of drug-likeness (QED) is 0.858. The van der Waals surface area contributed by atoms with Crippen LogP contribution in [0.4, 0.5) is 5.82 Å². The average Bonchev–Trinajstić information content (AvgIpc) is 2.67. The van der Waals surface area contributed by atoms with E-state index in [2.05, 4.69) is 25.8 Å². The molecule has 0 amide bonds. The molecule has 1 saturated heterocycles. The van der Waals surface area contributed by atoms with Gasteiger partial charge in [-0.05, 0) is 28.4 Å². The van der Waals surface area contributed by atoms with E-state index in [-0.39, 0.29) is 0 Å². The molecule has 1 aromatic heterocycles. The minimum Gasteiger partial charge on any atom is -0.384 e. The van der Waals surface area contributed by atoms with Gasteiger partial charge in [-0.2, -0.15) is 0 Å². The lowest BCUT2D eigenvalue weighted by atomic mass is 10.1. The number of ether oxygens (including phenoxy) is 1. The maximum Gasteiger partial charge on any atom is 0.147 e. The van der Waals surface area contributed by atoms with E-state index in [1.165, 1.54) is 0 Å². The molecule has 1 aliphatic rings. The molecule has 5 heteroatoms. The maximum absolute atomic E-state index is 6.17. The molecule has 3 nitrogen and oxygen atoms in total. The first-order valence-corrected chi connectivity index (χ1v) is 6.42. The molecular formula is C11H14BrClN2O. The largest absolute Gasteiger partial charge is 0.384 e. The number of hydrogen-bond donors (Lipinski definition) is 0. The van der Waals surface area contributed by atoms with Crippen LogP contribution >= 0.6 is 27.5 Å². The first kappa shape index (κ1) is 12.1. The summed E-state index contributed by atoms with van der Waals surface area (Å²) in [7, 11) is 1.74. The molecule has 1 aliphatic heterocycles. The fourth-order valence-corrected chi connectivity index (χ4v) is 2.79. The van der Waals surface area contributed by atoms with Crippen LogP contribution in [0.15, 0.2) is 16.7 Å². The van der Waals surface area contributed by atoms with Crippen LogP contribution in [0.5, 0.6) is 0 Å². The molecule has 1 fully saturated rings. The van der Waals surface area contributed by atoms with Gasteiger partial charge in [0.15, 0.2) is 0 Å². The normalized spacial score (nSPS) is 20.4. The van der Waals surface area contributed by atoms with E-state index in [1.54, 1.807) is 13.3 Å². The third kappa shape index (κ3) is 2.67. The Balaban J connectivity index is 2.08. The molecule has 88 valence electrons. The molecule has 2 heterocycles. The Morgan fingerprint density at radius 3 is 3.19 bits per heavy atom. The van der Waals surface area contributed by atoms with Crippen molar-refractivity contribution in [2.45, 2.75) is 6.42 Å². The van der Waals surface area contributed by atoms with E-state index >= 15 is 0 Å². The van der Waals surface area contributed by atoms with Crippen molar-refractivity contribution in [3.8, 4) is 0 Å². The van der Waals surface area contributed by atoms with Gasteiger partial charge in [0.1, 0.15) is 5.82 Å². The van der Waals surface area contributed by atoms with Crippen molar-refractivity contribution in [1.29, 1.82) is 0 Å². The molecule has 0 spiro atoms. The number of rotatable bonds is 3. The lowest BCUT2D eigenvalue weighted by molar-refractivity contribution is 0.161. The van der Waals surface area contributed by atoms with Gasteiger partial charge in [0.25, 0.3) is 0 Å². The third-order valence-corrected chi connectivity index (χ3v) is 3.49. The highest BCUT2D eigenvalue weighted by Crippen LogP contribution is 2.30. The molecular weight excluding hydrogens is 291 g/mol. The highest BCUT2D eigenvalue weighted by atomic mass is 79.9. The van der Waals surface area contributed by atoms with Crippen molar-refractivity contribution >= 4 is 33.3 Å². The topological polar surface area (TPSA) is 25.4 Å². The van der Waals surface area contributed by atoms with Gasteiger partial charge in [-0.25, -0.2) is 4.98 Å². The molecule has 0 aliphatic carbocycles. The molecule has 1 aromatic rings. The zero-order chi connectivity index (χ0) is 11.5. The molecule has 0 N–H and O–H groups in total. The second-order valence-corrected chi connectivity index (χ2v) is 5.34. The van der Waals surface area contributed by atoms with Crippen molar-refractivity contribution in [2.24, 2.45) is 5.92 Å². The van der Waals surface area contributed by atoms with E-state index in [0.29, 0.717) is 10.9 Å². The van der Waals surface area contributed by atoms with Crippen LogP contribution < -0.4 is 4.90 Å². The fourth-order valence-electron chi connectivity index (χ4n) is 2.04. The number of anilines is 1. The summed E-state index contributed by atoms with van der Waals surface area (Å²) in [5, 5.41) is 0.701. The Bertz CT molecular complexity index is 375. The van der Waals surface area contributed by atoms with Crippen molar-refractivity contribution in [3.05, 3.63) is 21.8 Å². The van der Waals surface area contributed by atoms with Crippen LogP contribution in [-0.4, -0.2) is 31.8 Å². The van der Waals surface area contributed by atoms with Crippen LogP contribution in [0.25, 0.3) is 0 Å². The number of aromatic nitrogens is 1. The smallest absolute Gasteiger partial charge is 0.147 e. The summed E-state index contributed by atoms with van der Waals surface area (Å²) < 4.78 is 6.08. The van der Waals surface area contributed by atoms with Crippen molar-refractivity contribution in [1.82, 2.24) is 4.98 Å². The molecule has 16 heavy (non-hydrogen) atoms. The number of pyridine rings is 1. The predicted molar refractivity (Wildman–Crippen MR) is 69.1 cm³/mol. The fraction of sp³-hybridized carbons (Fsp3) is 0.545. The predicted octanol–water partition coefficient (Wildman–Crippen LogP) is 2.97. The minimum atomic E-state index is 0.589. The lowest BCUT2D eigenvalue weighted by Crippen LogP contribution is -2.22. The zero-order valence-corrected chi connectivity index (χ0v) is 11.5. The first-order valence-electron chi connectivity index (χ1n) is 5.25. The van der Waals surface area contributed by atoms with Crippen LogP contribution in [0.1, 0.15) is 6.42 Å². The molecule has 1 atom stereocenters. The van der Waals surface area contributed by atoms with Crippen LogP contribution in [-0.2, 0) is 4.74 Å². The van der Waals surface area contributed by atoms with Gasteiger partial charge >= 0.3 is 0 Å². The Kier molecular flexibility index (Phi) is 4.05. The summed E-state index contributed by atoms with van der Waals surface area (Å²) in [6.45, 7) is 2.79. The third-order valence-electron chi connectivity index (χ3n) is 2.78. The second kappa shape index (κ2) is 5.34. The average molecular weight is 306 g/mol. The summed E-state index contributed by atoms with van der Waals surface area (Å²) in [5.41, 5.74) is 0. The van der Waals surface area contributed by atoms with Gasteiger partial charge in [-0.3, -0.25) is 0 Å². The van der Waals surface area contributed by atoms with E-state index in [9.17, 15) is 0 Å². The SMILES string of the molecule is COCC1CCN(c2ncc(Br)cc2Cl)C1. The van der Waals surface area contributed by atoms with Gasteiger partial charge < -0.3 is 9.64 Å². The number of hydrogen-bond acceptors (Lipinski definition) is 3. The van der Waals surface area contributed by atoms with Gasteiger partial charge in [-0.15, -0.1) is 0 Å². The van der Waals surface area contributed by atoms with E-state index < -0.39 is 0 Å². The summed E-state index contributed by atoms with van der Waals surface area (Å²) in [6.07, 6.45) is 2.92. The Morgan fingerprint density at radius 2 is 2.50 bits per heavy atom. The molecule has 1 unspecified atom stereocenters. The van der Waals surface area contributed by atoms with Crippen LogP contribution in [0, 0.1) is 5.92 Å². The van der Waals surface area contributed by atoms with Gasteiger partial charge in [0, 0.05) is 36.8 Å². The van der Waals surface area contributed by atoms with Crippen LogP contribution in [0.2, 0.25) is 5.02 Å². The standard InChI is InChI=1S/C11H14BrClN2O/c1-16-7-8-2-3-15(6-8)11-10(13)4-9(12)5-14-11/h4-5,8H,2-3,6-7H2,1H3. The highest BCUT2D eigenvalue weighted by Gasteiger charge is 2.24. The highest BCUT2D eigenvalue weighted by molar-refractivity contribution is 9.10. The van der Waals surface area contributed by atoms with Gasteiger partial charge in [0.2, 0.25) is 0 Å². The molecule has 0 radical (unpaired) electrons. The Hall–Kier alpha value is -0.320. The zero-order valence-electron chi connectivity index (χ0n) is 9.12. The summed E-state index contributed by atoms with van der Waals surface area (Å²) in [5.74, 6) is 1.47. The summed E-state index contributed by atoms with van der Waals surface area (Å²) in [4.78, 5) is 6.58. The van der Waals surface area contributed by atoms with E-state index in [1.807, 2.05) is 6.07 Å². The van der Waals surface area contributed by atoms with E-state index in [0.717, 1.165) is 36.4 Å². The second-order valence-electron chi connectivity index (χ2n) is 4.02. The van der Waals surface area contributed by atoms with Crippen LogP contribution in [0.3, 0.4) is 0 Å². The van der Waals surface area contributed by atoms with Crippen molar-refractivity contribution in [2.75, 3.05) is 31.7 Å². The Morgan fingerprint density at radius 1 is 1.69 bits per heavy atom. The summed E-state index contributed by atoms with van der Waals surface area (Å²) in [6, 6.07) is 1.88. The first-order chi connectivity index (χ1) is 7.70. The molecule has 0 aromatic carbocycles. The number of nitrogens with zero attached hydrogens (tertiary/aromatic N) is 2. The van der Waals surface area contributed by atoms with E-state index in [4.69, 9.17) is 16.3 Å². The monoisotopic (exact) mass is 304 g/mol. The maximum atomic E-state index is 6.17. The van der Waals surface area contributed by atoms with Gasteiger partial charge in [0.05, 0.1) is 11.6 Å².